The standard InChI is InChI=1S/C14H19N3O3/c1-20-13(18)5-3-2-4-8-17-12-9-10(15)6-7-11(12)16-14(17)19/h6-7,9H,2-5,8,15H2,1H3,(H,16,19). The van der Waals surface area contributed by atoms with Crippen LogP contribution in [-0.2, 0) is 16.1 Å². The number of benzene rings is 1. The van der Waals surface area contributed by atoms with Gasteiger partial charge in [0.25, 0.3) is 0 Å². The summed E-state index contributed by atoms with van der Waals surface area (Å²) in [6, 6.07) is 5.36. The quantitative estimate of drug-likeness (QED) is 0.477. The molecule has 0 saturated heterocycles. The van der Waals surface area contributed by atoms with Crippen molar-refractivity contribution in [2.75, 3.05) is 12.8 Å². The summed E-state index contributed by atoms with van der Waals surface area (Å²) >= 11 is 0. The maximum absolute atomic E-state index is 11.9. The first kappa shape index (κ1) is 14.2. The number of carbonyl (C=O) groups excluding carboxylic acids is 1. The third kappa shape index (κ3) is 3.20. The van der Waals surface area contributed by atoms with Crippen LogP contribution in [0.1, 0.15) is 25.7 Å². The fourth-order valence-electron chi connectivity index (χ4n) is 2.21. The maximum Gasteiger partial charge on any atom is 0.326 e. The number of imidazole rings is 1. The molecule has 0 fully saturated rings. The van der Waals surface area contributed by atoms with Crippen LogP contribution in [0.3, 0.4) is 0 Å². The lowest BCUT2D eigenvalue weighted by molar-refractivity contribution is -0.140. The van der Waals surface area contributed by atoms with E-state index in [0.717, 1.165) is 30.3 Å². The number of aryl methyl sites for hydroxylation is 1. The van der Waals surface area contributed by atoms with Crippen molar-refractivity contribution in [1.29, 1.82) is 0 Å². The summed E-state index contributed by atoms with van der Waals surface area (Å²) in [5.41, 5.74) is 7.87. The van der Waals surface area contributed by atoms with Gasteiger partial charge in [-0.25, -0.2) is 4.79 Å². The van der Waals surface area contributed by atoms with Crippen LogP contribution in [0.15, 0.2) is 23.0 Å². The second-order valence-corrected chi connectivity index (χ2v) is 4.75. The first-order valence-electron chi connectivity index (χ1n) is 6.66. The second-order valence-electron chi connectivity index (χ2n) is 4.75. The smallest absolute Gasteiger partial charge is 0.326 e. The highest BCUT2D eigenvalue weighted by Gasteiger charge is 2.07. The molecular weight excluding hydrogens is 258 g/mol. The summed E-state index contributed by atoms with van der Waals surface area (Å²) < 4.78 is 6.26. The van der Waals surface area contributed by atoms with Gasteiger partial charge in [0.15, 0.2) is 0 Å². The molecular formula is C14H19N3O3. The van der Waals surface area contributed by atoms with Gasteiger partial charge < -0.3 is 15.5 Å². The molecule has 1 aromatic heterocycles. The molecule has 3 N–H and O–H groups in total. The van der Waals surface area contributed by atoms with Crippen LogP contribution in [0.4, 0.5) is 5.69 Å². The molecule has 0 unspecified atom stereocenters. The van der Waals surface area contributed by atoms with Crippen molar-refractivity contribution in [3.8, 4) is 0 Å². The van der Waals surface area contributed by atoms with Crippen LogP contribution in [0.5, 0.6) is 0 Å². The minimum absolute atomic E-state index is 0.126. The topological polar surface area (TPSA) is 90.1 Å². The van der Waals surface area contributed by atoms with Crippen molar-refractivity contribution < 1.29 is 9.53 Å². The molecule has 0 amide bonds. The number of methoxy groups -OCH3 is 1. The van der Waals surface area contributed by atoms with Crippen LogP contribution >= 0.6 is 0 Å². The van der Waals surface area contributed by atoms with Crippen molar-refractivity contribution in [2.45, 2.75) is 32.2 Å². The average molecular weight is 277 g/mol. The van der Waals surface area contributed by atoms with Gasteiger partial charge in [-0.2, -0.15) is 0 Å². The minimum Gasteiger partial charge on any atom is -0.469 e. The van der Waals surface area contributed by atoms with Crippen molar-refractivity contribution >= 4 is 22.7 Å². The number of hydrogen-bond donors (Lipinski definition) is 2. The molecule has 0 aliphatic rings. The van der Waals surface area contributed by atoms with Gasteiger partial charge in [0.2, 0.25) is 0 Å². The Bertz CT molecular complexity index is 657. The number of anilines is 1. The molecule has 6 heteroatoms. The predicted molar refractivity (Wildman–Crippen MR) is 77.5 cm³/mol. The molecule has 0 spiro atoms. The van der Waals surface area contributed by atoms with Gasteiger partial charge >= 0.3 is 11.7 Å². The molecule has 0 radical (unpaired) electrons. The molecule has 0 aliphatic carbocycles. The highest BCUT2D eigenvalue weighted by atomic mass is 16.5. The molecule has 108 valence electrons. The molecule has 1 aromatic carbocycles. The summed E-state index contributed by atoms with van der Waals surface area (Å²) in [6.07, 6.45) is 2.90. The fourth-order valence-corrected chi connectivity index (χ4v) is 2.21. The van der Waals surface area contributed by atoms with E-state index >= 15 is 0 Å². The van der Waals surface area contributed by atoms with Crippen molar-refractivity contribution in [3.63, 3.8) is 0 Å². The van der Waals surface area contributed by atoms with Crippen molar-refractivity contribution in [1.82, 2.24) is 9.55 Å². The molecule has 2 rings (SSSR count). The van der Waals surface area contributed by atoms with Crippen LogP contribution < -0.4 is 11.4 Å². The summed E-state index contributed by atoms with van der Waals surface area (Å²) in [4.78, 5) is 25.6. The van der Waals surface area contributed by atoms with Crippen LogP contribution in [-0.4, -0.2) is 22.6 Å². The van der Waals surface area contributed by atoms with Crippen molar-refractivity contribution in [2.24, 2.45) is 0 Å². The number of aromatic nitrogens is 2. The van der Waals surface area contributed by atoms with E-state index < -0.39 is 0 Å². The number of nitrogens with zero attached hydrogens (tertiary/aromatic N) is 1. The number of rotatable bonds is 6. The summed E-state index contributed by atoms with van der Waals surface area (Å²) in [6.45, 7) is 0.615. The summed E-state index contributed by atoms with van der Waals surface area (Å²) in [5.74, 6) is -0.193. The lowest BCUT2D eigenvalue weighted by atomic mass is 10.2. The van der Waals surface area contributed by atoms with E-state index in [0.29, 0.717) is 18.7 Å². The van der Waals surface area contributed by atoms with Gasteiger partial charge in [-0.1, -0.05) is 6.42 Å². The van der Waals surface area contributed by atoms with Gasteiger partial charge in [0, 0.05) is 18.7 Å². The lowest BCUT2D eigenvalue weighted by Crippen LogP contribution is -2.16. The normalized spacial score (nSPS) is 10.8. The van der Waals surface area contributed by atoms with Gasteiger partial charge in [-0.3, -0.25) is 9.36 Å². The van der Waals surface area contributed by atoms with E-state index in [1.165, 1.54) is 7.11 Å². The highest BCUT2D eigenvalue weighted by Crippen LogP contribution is 2.15. The molecule has 0 aliphatic heterocycles. The number of hydrogen-bond acceptors (Lipinski definition) is 4. The highest BCUT2D eigenvalue weighted by molar-refractivity contribution is 5.78. The third-order valence-electron chi connectivity index (χ3n) is 3.29. The van der Waals surface area contributed by atoms with E-state index in [9.17, 15) is 9.59 Å². The Labute approximate surface area is 116 Å². The maximum atomic E-state index is 11.9. The number of ether oxygens (including phenoxy) is 1. The van der Waals surface area contributed by atoms with Crippen LogP contribution in [0, 0.1) is 0 Å². The number of fused-ring (bicyclic) bond motifs is 1. The summed E-state index contributed by atoms with van der Waals surface area (Å²) in [7, 11) is 1.39. The monoisotopic (exact) mass is 277 g/mol. The Morgan fingerprint density at radius 1 is 1.35 bits per heavy atom. The SMILES string of the molecule is COC(=O)CCCCCn1c(=O)[nH]c2ccc(N)cc21. The number of aromatic amines is 1. The van der Waals surface area contributed by atoms with Gasteiger partial charge in [0.05, 0.1) is 18.1 Å². The van der Waals surface area contributed by atoms with E-state index in [4.69, 9.17) is 5.73 Å². The number of carbonyl (C=O) groups is 1. The Morgan fingerprint density at radius 2 is 2.15 bits per heavy atom. The first-order chi connectivity index (χ1) is 9.61. The van der Waals surface area contributed by atoms with E-state index in [-0.39, 0.29) is 11.7 Å². The summed E-state index contributed by atoms with van der Waals surface area (Å²) in [5, 5.41) is 0. The van der Waals surface area contributed by atoms with Gasteiger partial charge in [-0.05, 0) is 31.0 Å². The van der Waals surface area contributed by atoms with Crippen molar-refractivity contribution in [3.05, 3.63) is 28.7 Å². The molecule has 1 heterocycles. The molecule has 6 nitrogen and oxygen atoms in total. The zero-order chi connectivity index (χ0) is 14.5. The Hall–Kier alpha value is -2.24. The first-order valence-corrected chi connectivity index (χ1v) is 6.66. The Balaban J connectivity index is 1.96. The predicted octanol–water partition coefficient (Wildman–Crippen LogP) is 1.65. The Kier molecular flexibility index (Phi) is 4.45. The largest absolute Gasteiger partial charge is 0.469 e. The molecule has 0 atom stereocenters. The average Bonchev–Trinajstić information content (AvgIpc) is 2.74. The second kappa shape index (κ2) is 6.27. The molecule has 2 aromatic rings. The number of nitrogen functional groups attached to an aromatic ring is 1. The number of nitrogens with two attached hydrogens (primary N) is 1. The number of unbranched alkanes of at least 4 members (excludes halogenated alkanes) is 2. The zero-order valence-electron chi connectivity index (χ0n) is 11.5. The van der Waals surface area contributed by atoms with Gasteiger partial charge in [0.1, 0.15) is 0 Å². The molecule has 20 heavy (non-hydrogen) atoms. The number of nitrogens with one attached hydrogen (secondary N) is 1. The van der Waals surface area contributed by atoms with Crippen LogP contribution in [0.2, 0.25) is 0 Å². The number of H-pyrrole nitrogens is 1. The molecule has 0 bridgehead atoms. The molecule has 0 saturated carbocycles. The van der Waals surface area contributed by atoms with E-state index in [1.54, 1.807) is 22.8 Å². The third-order valence-corrected chi connectivity index (χ3v) is 3.29. The zero-order valence-corrected chi connectivity index (χ0v) is 11.5. The lowest BCUT2D eigenvalue weighted by Gasteiger charge is -2.04. The van der Waals surface area contributed by atoms with Crippen LogP contribution in [0.25, 0.3) is 11.0 Å². The van der Waals surface area contributed by atoms with E-state index in [1.807, 2.05) is 0 Å². The van der Waals surface area contributed by atoms with E-state index in [2.05, 4.69) is 9.72 Å². The number of esters is 1. The fraction of sp³-hybridized carbons (Fsp3) is 0.429. The van der Waals surface area contributed by atoms with Gasteiger partial charge in [-0.15, -0.1) is 0 Å². The Morgan fingerprint density at radius 3 is 2.90 bits per heavy atom. The minimum atomic E-state index is -0.193.